The highest BCUT2D eigenvalue weighted by Gasteiger charge is 2.32. The Morgan fingerprint density at radius 3 is 0.886 bits per heavy atom. The lowest BCUT2D eigenvalue weighted by Gasteiger charge is -2.35. The van der Waals surface area contributed by atoms with Crippen LogP contribution in [0.25, 0.3) is 0 Å². The summed E-state index contributed by atoms with van der Waals surface area (Å²) in [4.78, 5) is 0. The third-order valence-corrected chi connectivity index (χ3v) is 6.90. The minimum absolute atomic E-state index is 0.687. The van der Waals surface area contributed by atoms with E-state index in [1.807, 2.05) is 34.4 Å². The predicted molar refractivity (Wildman–Crippen MR) is 144 cm³/mol. The van der Waals surface area contributed by atoms with Crippen molar-refractivity contribution in [2.75, 3.05) is 0 Å². The molecule has 0 heterocycles. The van der Waals surface area contributed by atoms with Crippen molar-refractivity contribution in [1.82, 2.24) is 10.1 Å². The molecular weight excluding hydrogens is 448 g/mol. The fourth-order valence-corrected chi connectivity index (χ4v) is 5.56. The molecule has 0 N–H and O–H groups in total. The van der Waals surface area contributed by atoms with Gasteiger partial charge in [-0.2, -0.15) is 10.1 Å². The van der Waals surface area contributed by atoms with Crippen LogP contribution < -0.4 is 0 Å². The van der Waals surface area contributed by atoms with Crippen molar-refractivity contribution in [3.05, 3.63) is 144 Å². The van der Waals surface area contributed by atoms with Crippen LogP contribution in [0.3, 0.4) is 0 Å². The molecule has 4 aromatic carbocycles. The van der Waals surface area contributed by atoms with E-state index < -0.39 is 8.56 Å². The Morgan fingerprint density at radius 2 is 0.657 bits per heavy atom. The lowest BCUT2D eigenvalue weighted by molar-refractivity contribution is -0.164. The summed E-state index contributed by atoms with van der Waals surface area (Å²) in [7, 11) is -2.59. The molecule has 4 nitrogen and oxygen atoms in total. The predicted octanol–water partition coefficient (Wildman–Crippen LogP) is 6.96. The number of benzene rings is 4. The lowest BCUT2D eigenvalue weighted by Crippen LogP contribution is -2.46. The topological polar surface area (TPSA) is 24.9 Å². The number of hydrogen-bond acceptors (Lipinski definition) is 4. The van der Waals surface area contributed by atoms with Gasteiger partial charge in [0.15, 0.2) is 0 Å². The summed E-state index contributed by atoms with van der Waals surface area (Å²) in [6.45, 7) is 6.97. The highest BCUT2D eigenvalue weighted by Crippen LogP contribution is 2.20. The smallest absolute Gasteiger partial charge is 0.308 e. The minimum Gasteiger partial charge on any atom is -0.308 e. The molecule has 4 aromatic rings. The Bertz CT molecular complexity index is 952. The normalized spacial score (nSPS) is 11.8. The molecule has 35 heavy (non-hydrogen) atoms. The van der Waals surface area contributed by atoms with E-state index in [1.165, 1.54) is 22.3 Å². The van der Waals surface area contributed by atoms with Crippen LogP contribution in [0.4, 0.5) is 0 Å². The van der Waals surface area contributed by atoms with E-state index in [9.17, 15) is 0 Å². The Hall–Kier alpha value is -3.06. The van der Waals surface area contributed by atoms with Gasteiger partial charge in [-0.15, -0.1) is 0 Å². The van der Waals surface area contributed by atoms with E-state index in [4.69, 9.17) is 9.05 Å². The van der Waals surface area contributed by atoms with Gasteiger partial charge in [0.1, 0.15) is 0 Å². The lowest BCUT2D eigenvalue weighted by atomic mass is 10.2. The summed E-state index contributed by atoms with van der Waals surface area (Å²) in [6.07, 6.45) is 0. The summed E-state index contributed by atoms with van der Waals surface area (Å²) >= 11 is 0. The molecule has 0 aliphatic carbocycles. The Morgan fingerprint density at radius 1 is 0.429 bits per heavy atom. The highest BCUT2D eigenvalue weighted by molar-refractivity contribution is 6.64. The minimum atomic E-state index is -2.59. The van der Waals surface area contributed by atoms with Gasteiger partial charge in [0.05, 0.1) is 0 Å². The largest absolute Gasteiger partial charge is 0.371 e. The molecule has 180 valence electrons. The number of hydroxylamine groups is 4. The van der Waals surface area contributed by atoms with Gasteiger partial charge in [-0.3, -0.25) is 0 Å². The van der Waals surface area contributed by atoms with Crippen LogP contribution in [-0.2, 0) is 35.2 Å². The molecule has 0 bridgehead atoms. The van der Waals surface area contributed by atoms with E-state index in [0.29, 0.717) is 26.2 Å². The number of rotatable bonds is 12. The van der Waals surface area contributed by atoms with Gasteiger partial charge >= 0.3 is 8.56 Å². The zero-order valence-electron chi connectivity index (χ0n) is 20.6. The SMILES string of the molecule is C[Si](C)(ON(Cc1ccccc1)Cc1ccccc1)ON(Cc1ccccc1)Cc1ccccc1. The van der Waals surface area contributed by atoms with Gasteiger partial charge in [0, 0.05) is 26.2 Å². The van der Waals surface area contributed by atoms with Gasteiger partial charge in [-0.1, -0.05) is 121 Å². The van der Waals surface area contributed by atoms with Crippen molar-refractivity contribution < 1.29 is 9.05 Å². The van der Waals surface area contributed by atoms with Crippen molar-refractivity contribution in [2.45, 2.75) is 39.3 Å². The average Bonchev–Trinajstić information content (AvgIpc) is 2.86. The third kappa shape index (κ3) is 8.58. The molecule has 0 aliphatic rings. The molecule has 0 saturated heterocycles. The van der Waals surface area contributed by atoms with Crippen molar-refractivity contribution in [3.63, 3.8) is 0 Å². The van der Waals surface area contributed by atoms with E-state index in [-0.39, 0.29) is 0 Å². The van der Waals surface area contributed by atoms with Crippen LogP contribution in [0.1, 0.15) is 22.3 Å². The quantitative estimate of drug-likeness (QED) is 0.161. The molecule has 0 atom stereocenters. The molecule has 4 rings (SSSR count). The van der Waals surface area contributed by atoms with Crippen LogP contribution in [0.2, 0.25) is 13.1 Å². The summed E-state index contributed by atoms with van der Waals surface area (Å²) in [5.41, 5.74) is 4.83. The zero-order valence-corrected chi connectivity index (χ0v) is 21.6. The molecule has 0 unspecified atom stereocenters. The molecule has 0 aliphatic heterocycles. The Kier molecular flexibility index (Phi) is 9.00. The zero-order chi connectivity index (χ0) is 24.3. The monoisotopic (exact) mass is 482 g/mol. The van der Waals surface area contributed by atoms with Gasteiger partial charge in [0.2, 0.25) is 0 Å². The molecule has 0 saturated carbocycles. The fraction of sp³-hybridized carbons (Fsp3) is 0.200. The van der Waals surface area contributed by atoms with Crippen LogP contribution in [0.15, 0.2) is 121 Å². The van der Waals surface area contributed by atoms with Crippen LogP contribution in [-0.4, -0.2) is 18.7 Å². The summed E-state index contributed by atoms with van der Waals surface area (Å²) in [6, 6.07) is 41.8. The van der Waals surface area contributed by atoms with Crippen LogP contribution in [0, 0.1) is 0 Å². The standard InChI is InChI=1S/C30H34N2O2Si/c1-35(2,33-31(23-27-15-7-3-8-16-27)24-28-17-9-4-10-18-28)34-32(25-29-19-11-5-12-20-29)26-30-21-13-6-14-22-30/h3-22H,23-26H2,1-2H3. The molecular formula is C30H34N2O2Si. The fourth-order valence-electron chi connectivity index (χ4n) is 4.03. The van der Waals surface area contributed by atoms with E-state index in [0.717, 1.165) is 0 Å². The first-order valence-electron chi connectivity index (χ1n) is 12.1. The van der Waals surface area contributed by atoms with Crippen molar-refractivity contribution in [2.24, 2.45) is 0 Å². The van der Waals surface area contributed by atoms with Gasteiger partial charge in [0.25, 0.3) is 0 Å². The van der Waals surface area contributed by atoms with Crippen molar-refractivity contribution in [1.29, 1.82) is 0 Å². The summed E-state index contributed by atoms with van der Waals surface area (Å²) in [5, 5.41) is 4.08. The van der Waals surface area contributed by atoms with Crippen molar-refractivity contribution >= 4 is 8.56 Å². The summed E-state index contributed by atoms with van der Waals surface area (Å²) in [5.74, 6) is 0. The van der Waals surface area contributed by atoms with Gasteiger partial charge in [-0.05, 0) is 35.3 Å². The first-order chi connectivity index (χ1) is 17.1. The van der Waals surface area contributed by atoms with Gasteiger partial charge < -0.3 is 9.05 Å². The van der Waals surface area contributed by atoms with Crippen LogP contribution in [0.5, 0.6) is 0 Å². The highest BCUT2D eigenvalue weighted by atomic mass is 28.4. The van der Waals surface area contributed by atoms with E-state index in [1.54, 1.807) is 0 Å². The number of nitrogens with zero attached hydrogens (tertiary/aromatic N) is 2. The van der Waals surface area contributed by atoms with Crippen LogP contribution >= 0.6 is 0 Å². The molecule has 0 radical (unpaired) electrons. The van der Waals surface area contributed by atoms with Gasteiger partial charge in [-0.25, -0.2) is 0 Å². The maximum Gasteiger partial charge on any atom is 0.371 e. The molecule has 0 aromatic heterocycles. The maximum absolute atomic E-state index is 6.66. The Labute approximate surface area is 210 Å². The summed E-state index contributed by atoms with van der Waals surface area (Å²) < 4.78 is 13.3. The second kappa shape index (κ2) is 12.6. The average molecular weight is 483 g/mol. The first kappa shape index (κ1) is 25.0. The molecule has 0 amide bonds. The van der Waals surface area contributed by atoms with E-state index in [2.05, 4.69) is 110 Å². The second-order valence-electron chi connectivity index (χ2n) is 9.12. The van der Waals surface area contributed by atoms with Crippen molar-refractivity contribution in [3.8, 4) is 0 Å². The maximum atomic E-state index is 6.66. The first-order valence-corrected chi connectivity index (χ1v) is 14.9. The molecule has 0 spiro atoms. The van der Waals surface area contributed by atoms with E-state index >= 15 is 0 Å². The molecule has 0 fully saturated rings. The second-order valence-corrected chi connectivity index (χ2v) is 12.3. The number of hydrogen-bond donors (Lipinski definition) is 0. The molecule has 5 heteroatoms. The third-order valence-electron chi connectivity index (χ3n) is 5.50. The Balaban J connectivity index is 1.50.